The zero-order valence-electron chi connectivity index (χ0n) is 15.3. The van der Waals surface area contributed by atoms with Crippen LogP contribution in [0, 0.1) is 0 Å². The molecule has 0 N–H and O–H groups in total. The fourth-order valence-corrected chi connectivity index (χ4v) is 4.59. The standard InChI is InChI=1S/C21H21ClF2N2O/c1-12-7-15-14-6-4-3-5-13(14)8-16(15)21(26(12)11-20(23)24)17-10-25-19(22)9-18(17)27-2/h3-6,9-10,12,20-21H,7-8,11H2,1-2H3/t12-,21+/m1/s1. The summed E-state index contributed by atoms with van der Waals surface area (Å²) in [5, 5.41) is 0.323. The van der Waals surface area contributed by atoms with E-state index in [0.717, 1.165) is 24.0 Å². The Balaban J connectivity index is 1.87. The number of nitrogens with zero attached hydrogens (tertiary/aromatic N) is 2. The average Bonchev–Trinajstić information content (AvgIpc) is 3.00. The first kappa shape index (κ1) is 18.4. The van der Waals surface area contributed by atoms with E-state index in [4.69, 9.17) is 16.3 Å². The highest BCUT2D eigenvalue weighted by atomic mass is 35.5. The van der Waals surface area contributed by atoms with Crippen molar-refractivity contribution in [2.45, 2.75) is 38.3 Å². The Labute approximate surface area is 162 Å². The van der Waals surface area contributed by atoms with Crippen LogP contribution in [-0.2, 0) is 6.42 Å². The van der Waals surface area contributed by atoms with Crippen LogP contribution in [-0.4, -0.2) is 36.0 Å². The number of hydrogen-bond donors (Lipinski definition) is 0. The number of halogens is 3. The molecule has 2 heterocycles. The minimum atomic E-state index is -2.41. The van der Waals surface area contributed by atoms with Crippen LogP contribution in [0.3, 0.4) is 0 Å². The number of methoxy groups -OCH3 is 1. The van der Waals surface area contributed by atoms with Gasteiger partial charge >= 0.3 is 0 Å². The van der Waals surface area contributed by atoms with Crippen LogP contribution >= 0.6 is 11.6 Å². The Morgan fingerprint density at radius 2 is 2.11 bits per heavy atom. The molecule has 1 aliphatic carbocycles. The summed E-state index contributed by atoms with van der Waals surface area (Å²) in [5.41, 5.74) is 5.71. The van der Waals surface area contributed by atoms with E-state index in [-0.39, 0.29) is 18.6 Å². The summed E-state index contributed by atoms with van der Waals surface area (Å²) in [6.45, 7) is 1.72. The smallest absolute Gasteiger partial charge is 0.251 e. The molecule has 1 aliphatic heterocycles. The molecule has 0 fully saturated rings. The van der Waals surface area contributed by atoms with Gasteiger partial charge in [0.05, 0.1) is 19.7 Å². The molecular weight excluding hydrogens is 370 g/mol. The highest BCUT2D eigenvalue weighted by molar-refractivity contribution is 6.29. The van der Waals surface area contributed by atoms with E-state index < -0.39 is 6.43 Å². The lowest BCUT2D eigenvalue weighted by Gasteiger charge is -2.42. The SMILES string of the molecule is COc1cc(Cl)ncc1[C@@H]1C2=C(C[C@@H](C)N1CC(F)F)c1ccccc1C2. The molecule has 2 atom stereocenters. The molecule has 2 aromatic rings. The third kappa shape index (κ3) is 3.23. The molecule has 0 saturated heterocycles. The zero-order valence-corrected chi connectivity index (χ0v) is 16.0. The van der Waals surface area contributed by atoms with Crippen molar-refractivity contribution in [2.75, 3.05) is 13.7 Å². The monoisotopic (exact) mass is 390 g/mol. The highest BCUT2D eigenvalue weighted by Gasteiger charge is 2.40. The maximum absolute atomic E-state index is 13.4. The molecule has 6 heteroatoms. The average molecular weight is 391 g/mol. The van der Waals surface area contributed by atoms with Crippen LogP contribution in [0.4, 0.5) is 8.78 Å². The van der Waals surface area contributed by atoms with Gasteiger partial charge in [0.15, 0.2) is 0 Å². The van der Waals surface area contributed by atoms with Crippen molar-refractivity contribution in [3.8, 4) is 5.75 Å². The predicted octanol–water partition coefficient (Wildman–Crippen LogP) is 5.15. The molecule has 0 saturated carbocycles. The van der Waals surface area contributed by atoms with Gasteiger partial charge in [-0.1, -0.05) is 35.9 Å². The van der Waals surface area contributed by atoms with Gasteiger partial charge < -0.3 is 4.74 Å². The van der Waals surface area contributed by atoms with Gasteiger partial charge in [-0.3, -0.25) is 4.90 Å². The summed E-state index contributed by atoms with van der Waals surface area (Å²) in [7, 11) is 1.57. The number of pyridine rings is 1. The van der Waals surface area contributed by atoms with E-state index >= 15 is 0 Å². The minimum Gasteiger partial charge on any atom is -0.496 e. The van der Waals surface area contributed by atoms with Crippen LogP contribution in [0.2, 0.25) is 5.15 Å². The second-order valence-electron chi connectivity index (χ2n) is 7.13. The molecular formula is C21H21ClF2N2O. The summed E-state index contributed by atoms with van der Waals surface area (Å²) in [5.74, 6) is 0.580. The summed E-state index contributed by atoms with van der Waals surface area (Å²) in [4.78, 5) is 6.09. The lowest BCUT2D eigenvalue weighted by atomic mass is 9.85. The Hall–Kier alpha value is -1.98. The maximum Gasteiger partial charge on any atom is 0.251 e. The lowest BCUT2D eigenvalue weighted by molar-refractivity contribution is 0.0475. The van der Waals surface area contributed by atoms with Gasteiger partial charge in [0.1, 0.15) is 10.9 Å². The molecule has 0 bridgehead atoms. The van der Waals surface area contributed by atoms with Gasteiger partial charge in [-0.25, -0.2) is 13.8 Å². The van der Waals surface area contributed by atoms with E-state index in [2.05, 4.69) is 17.1 Å². The molecule has 0 radical (unpaired) electrons. The van der Waals surface area contributed by atoms with Crippen molar-refractivity contribution >= 4 is 17.2 Å². The Bertz CT molecular complexity index is 900. The van der Waals surface area contributed by atoms with E-state index in [1.807, 2.05) is 24.0 Å². The van der Waals surface area contributed by atoms with Crippen LogP contribution in [0.15, 0.2) is 42.1 Å². The fraction of sp³-hybridized carbons (Fsp3) is 0.381. The largest absolute Gasteiger partial charge is 0.496 e. The van der Waals surface area contributed by atoms with Crippen LogP contribution in [0.25, 0.3) is 5.57 Å². The van der Waals surface area contributed by atoms with Gasteiger partial charge in [-0.05, 0) is 42.0 Å². The Morgan fingerprint density at radius 1 is 1.33 bits per heavy atom. The lowest BCUT2D eigenvalue weighted by Crippen LogP contribution is -2.43. The summed E-state index contributed by atoms with van der Waals surface area (Å²) >= 11 is 6.03. The first-order chi connectivity index (χ1) is 13.0. The molecule has 0 amide bonds. The van der Waals surface area contributed by atoms with E-state index in [1.165, 1.54) is 16.7 Å². The fourth-order valence-electron chi connectivity index (χ4n) is 4.44. The minimum absolute atomic E-state index is 0.0192. The normalized spacial score (nSPS) is 22.1. The number of hydrogen-bond acceptors (Lipinski definition) is 3. The number of aromatic nitrogens is 1. The van der Waals surface area contributed by atoms with Crippen molar-refractivity contribution in [1.29, 1.82) is 0 Å². The topological polar surface area (TPSA) is 25.4 Å². The summed E-state index contributed by atoms with van der Waals surface area (Å²) < 4.78 is 32.4. The first-order valence-corrected chi connectivity index (χ1v) is 9.41. The second-order valence-corrected chi connectivity index (χ2v) is 7.52. The third-order valence-electron chi connectivity index (χ3n) is 5.56. The number of rotatable bonds is 4. The quantitative estimate of drug-likeness (QED) is 0.675. The van der Waals surface area contributed by atoms with Gasteiger partial charge in [0, 0.05) is 23.9 Å². The van der Waals surface area contributed by atoms with Crippen molar-refractivity contribution in [3.05, 3.63) is 63.9 Å². The second kappa shape index (κ2) is 7.21. The van der Waals surface area contributed by atoms with E-state index in [1.54, 1.807) is 19.4 Å². The molecule has 27 heavy (non-hydrogen) atoms. The first-order valence-electron chi connectivity index (χ1n) is 9.03. The maximum atomic E-state index is 13.4. The Kier molecular flexibility index (Phi) is 4.91. The zero-order chi connectivity index (χ0) is 19.1. The number of alkyl halides is 2. The molecule has 142 valence electrons. The van der Waals surface area contributed by atoms with Gasteiger partial charge in [-0.15, -0.1) is 0 Å². The van der Waals surface area contributed by atoms with E-state index in [9.17, 15) is 8.78 Å². The van der Waals surface area contributed by atoms with Gasteiger partial charge in [0.25, 0.3) is 6.43 Å². The molecule has 4 rings (SSSR count). The summed E-state index contributed by atoms with van der Waals surface area (Å²) in [6, 6.07) is 9.63. The molecule has 1 aromatic carbocycles. The van der Waals surface area contributed by atoms with Crippen molar-refractivity contribution < 1.29 is 13.5 Å². The van der Waals surface area contributed by atoms with Crippen molar-refractivity contribution in [3.63, 3.8) is 0 Å². The van der Waals surface area contributed by atoms with Crippen molar-refractivity contribution in [1.82, 2.24) is 9.88 Å². The van der Waals surface area contributed by atoms with Gasteiger partial charge in [-0.2, -0.15) is 0 Å². The molecule has 0 spiro atoms. The molecule has 0 unspecified atom stereocenters. The number of fused-ring (bicyclic) bond motifs is 2. The molecule has 2 aliphatic rings. The van der Waals surface area contributed by atoms with Crippen LogP contribution in [0.5, 0.6) is 5.75 Å². The molecule has 1 aromatic heterocycles. The number of benzene rings is 1. The Morgan fingerprint density at radius 3 is 2.85 bits per heavy atom. The highest BCUT2D eigenvalue weighted by Crippen LogP contribution is 2.50. The third-order valence-corrected chi connectivity index (χ3v) is 5.77. The predicted molar refractivity (Wildman–Crippen MR) is 102 cm³/mol. The van der Waals surface area contributed by atoms with Crippen molar-refractivity contribution in [2.24, 2.45) is 0 Å². The van der Waals surface area contributed by atoms with E-state index in [0.29, 0.717) is 10.9 Å². The van der Waals surface area contributed by atoms with Crippen LogP contribution < -0.4 is 4.74 Å². The summed E-state index contributed by atoms with van der Waals surface area (Å²) in [6.07, 6.45) is 0.774. The van der Waals surface area contributed by atoms with Gasteiger partial charge in [0.2, 0.25) is 0 Å². The van der Waals surface area contributed by atoms with Crippen LogP contribution in [0.1, 0.15) is 36.1 Å². The molecule has 3 nitrogen and oxygen atoms in total. The number of ether oxygens (including phenoxy) is 1.